The second kappa shape index (κ2) is 3.57. The molecule has 0 atom stereocenters. The molecule has 0 aliphatic carbocycles. The van der Waals surface area contributed by atoms with Gasteiger partial charge in [-0.3, -0.25) is 6.54 Å². The summed E-state index contributed by atoms with van der Waals surface area (Å²) in [5.41, 5.74) is 0. The van der Waals surface area contributed by atoms with E-state index in [2.05, 4.69) is 18.5 Å². The third kappa shape index (κ3) is 2.40. The molecule has 1 fully saturated rings. The molecule has 1 nitrogen and oxygen atoms in total. The van der Waals surface area contributed by atoms with E-state index in [0.29, 0.717) is 0 Å². The molecule has 1 saturated heterocycles. The summed E-state index contributed by atoms with van der Waals surface area (Å²) in [5, 5.41) is 0. The van der Waals surface area contributed by atoms with Crippen LogP contribution in [0.2, 0.25) is 0 Å². The van der Waals surface area contributed by atoms with Crippen LogP contribution in [0.1, 0.15) is 12.8 Å². The molecular formula is C5H10NRh-. The maximum atomic E-state index is 2.24. The smallest absolute Gasteiger partial charge is 0 e. The minimum atomic E-state index is 0. The largest absolute Gasteiger partial charge is 0.459 e. The first-order chi connectivity index (χ1) is 2.89. The van der Waals surface area contributed by atoms with Gasteiger partial charge < -0.3 is 4.90 Å². The Morgan fingerprint density at radius 1 is 1.57 bits per heavy atom. The number of nitrogens with zero attached hydrogens (tertiary/aromatic N) is 1. The van der Waals surface area contributed by atoms with Gasteiger partial charge in [0.25, 0.3) is 0 Å². The Kier molecular flexibility index (Phi) is 3.87. The molecule has 1 radical (unpaired) electrons. The first-order valence-corrected chi connectivity index (χ1v) is 2.43. The number of hydrogen-bond donors (Lipinski definition) is 0. The first kappa shape index (κ1) is 7.58. The molecule has 45 valence electrons. The van der Waals surface area contributed by atoms with E-state index in [1.54, 1.807) is 0 Å². The Morgan fingerprint density at radius 2 is 2.29 bits per heavy atom. The van der Waals surface area contributed by atoms with Gasteiger partial charge in [0.15, 0.2) is 0 Å². The average molecular weight is 187 g/mol. The van der Waals surface area contributed by atoms with Crippen molar-refractivity contribution in [3.8, 4) is 0 Å². The molecule has 0 aromatic heterocycles. The van der Waals surface area contributed by atoms with Gasteiger partial charge in [0.2, 0.25) is 0 Å². The van der Waals surface area contributed by atoms with E-state index in [-0.39, 0.29) is 19.5 Å². The summed E-state index contributed by atoms with van der Waals surface area (Å²) in [6, 6.07) is 0. The van der Waals surface area contributed by atoms with E-state index in [0.717, 1.165) is 0 Å². The Balaban J connectivity index is 0.000000360. The number of hydrogen-bond acceptors (Lipinski definition) is 1. The van der Waals surface area contributed by atoms with Crippen LogP contribution in [0, 0.1) is 6.54 Å². The van der Waals surface area contributed by atoms with Crippen LogP contribution in [0.3, 0.4) is 0 Å². The Bertz CT molecular complexity index is 41.3. The molecule has 0 N–H and O–H groups in total. The molecule has 0 aromatic carbocycles. The van der Waals surface area contributed by atoms with Gasteiger partial charge in [-0.25, -0.2) is 0 Å². The third-order valence-electron chi connectivity index (χ3n) is 1.16. The van der Waals surface area contributed by atoms with Gasteiger partial charge in [-0.15, -0.1) is 0 Å². The standard InChI is InChI=1S/C5H10N.Rh/c1-6-4-2-3-5-6;/h4H,2-3,5H2,1H3;/q-1;. The first-order valence-electron chi connectivity index (χ1n) is 2.43. The van der Waals surface area contributed by atoms with Gasteiger partial charge in [0.1, 0.15) is 0 Å². The second-order valence-corrected chi connectivity index (χ2v) is 1.81. The van der Waals surface area contributed by atoms with Crippen LogP contribution in [-0.4, -0.2) is 18.5 Å². The second-order valence-electron chi connectivity index (χ2n) is 1.81. The van der Waals surface area contributed by atoms with Crippen LogP contribution in [-0.2, 0) is 19.5 Å². The van der Waals surface area contributed by atoms with Crippen LogP contribution in [0.5, 0.6) is 0 Å². The molecule has 0 saturated carbocycles. The zero-order valence-electron chi connectivity index (χ0n) is 4.48. The summed E-state index contributed by atoms with van der Waals surface area (Å²) < 4.78 is 0. The molecule has 1 rings (SSSR count). The fourth-order valence-corrected chi connectivity index (χ4v) is 0.744. The van der Waals surface area contributed by atoms with Gasteiger partial charge in [-0.1, -0.05) is 6.42 Å². The molecule has 1 heterocycles. The fourth-order valence-electron chi connectivity index (χ4n) is 0.744. The Hall–Kier alpha value is 0.583. The number of likely N-dealkylation sites (tertiary alicyclic amines) is 1. The van der Waals surface area contributed by atoms with Gasteiger partial charge in [0, 0.05) is 19.5 Å². The molecule has 0 unspecified atom stereocenters. The average Bonchev–Trinajstić information content (AvgIpc) is 1.86. The Labute approximate surface area is 57.8 Å². The normalized spacial score (nSPS) is 21.9. The van der Waals surface area contributed by atoms with E-state index in [9.17, 15) is 0 Å². The zero-order chi connectivity index (χ0) is 4.41. The predicted octanol–water partition coefficient (Wildman–Crippen LogP) is 0.871. The summed E-state index contributed by atoms with van der Waals surface area (Å²) in [6.07, 6.45) is 2.65. The maximum absolute atomic E-state index is 2.24. The third-order valence-corrected chi connectivity index (χ3v) is 1.16. The van der Waals surface area contributed by atoms with Crippen molar-refractivity contribution in [1.82, 2.24) is 4.90 Å². The van der Waals surface area contributed by atoms with E-state index in [1.165, 1.54) is 19.4 Å². The van der Waals surface area contributed by atoms with E-state index in [4.69, 9.17) is 0 Å². The molecule has 1 aliphatic rings. The molecule has 2 heteroatoms. The van der Waals surface area contributed by atoms with Crippen LogP contribution < -0.4 is 0 Å². The van der Waals surface area contributed by atoms with Crippen LogP contribution >= 0.6 is 0 Å². The summed E-state index contributed by atoms with van der Waals surface area (Å²) >= 11 is 0. The number of rotatable bonds is 0. The Morgan fingerprint density at radius 3 is 2.43 bits per heavy atom. The van der Waals surface area contributed by atoms with Gasteiger partial charge in [0.05, 0.1) is 0 Å². The van der Waals surface area contributed by atoms with Crippen molar-refractivity contribution in [2.75, 3.05) is 13.6 Å². The SMILES string of the molecule is CN1[CH-]CCC1.[Rh]. The topological polar surface area (TPSA) is 3.24 Å². The summed E-state index contributed by atoms with van der Waals surface area (Å²) in [5.74, 6) is 0. The molecular weight excluding hydrogens is 177 g/mol. The molecule has 1 aliphatic heterocycles. The maximum Gasteiger partial charge on any atom is 0 e. The molecule has 7 heavy (non-hydrogen) atoms. The summed E-state index contributed by atoms with van der Waals surface area (Å²) in [4.78, 5) is 2.24. The van der Waals surface area contributed by atoms with Crippen molar-refractivity contribution in [2.45, 2.75) is 12.8 Å². The molecule has 0 amide bonds. The van der Waals surface area contributed by atoms with Crippen LogP contribution in [0.4, 0.5) is 0 Å². The van der Waals surface area contributed by atoms with Crippen molar-refractivity contribution in [3.63, 3.8) is 0 Å². The van der Waals surface area contributed by atoms with Crippen molar-refractivity contribution in [1.29, 1.82) is 0 Å². The monoisotopic (exact) mass is 187 g/mol. The van der Waals surface area contributed by atoms with Gasteiger partial charge in [-0.2, -0.15) is 6.42 Å². The quantitative estimate of drug-likeness (QED) is 0.401. The zero-order valence-corrected chi connectivity index (χ0v) is 6.12. The summed E-state index contributed by atoms with van der Waals surface area (Å²) in [6.45, 7) is 3.50. The van der Waals surface area contributed by atoms with Crippen molar-refractivity contribution in [3.05, 3.63) is 6.54 Å². The van der Waals surface area contributed by atoms with E-state index >= 15 is 0 Å². The molecule has 0 bridgehead atoms. The summed E-state index contributed by atoms with van der Waals surface area (Å²) in [7, 11) is 2.12. The molecule has 0 aromatic rings. The van der Waals surface area contributed by atoms with Crippen molar-refractivity contribution < 1.29 is 19.5 Å². The van der Waals surface area contributed by atoms with Crippen molar-refractivity contribution >= 4 is 0 Å². The van der Waals surface area contributed by atoms with Crippen molar-refractivity contribution in [2.24, 2.45) is 0 Å². The minimum absolute atomic E-state index is 0. The van der Waals surface area contributed by atoms with Crippen LogP contribution in [0.15, 0.2) is 0 Å². The predicted molar refractivity (Wildman–Crippen MR) is 26.2 cm³/mol. The van der Waals surface area contributed by atoms with E-state index < -0.39 is 0 Å². The fraction of sp³-hybridized carbons (Fsp3) is 0.800. The minimum Gasteiger partial charge on any atom is -0.459 e. The molecule has 0 spiro atoms. The van der Waals surface area contributed by atoms with Crippen LogP contribution in [0.25, 0.3) is 0 Å². The van der Waals surface area contributed by atoms with Gasteiger partial charge in [-0.05, 0) is 13.6 Å². The van der Waals surface area contributed by atoms with Gasteiger partial charge >= 0.3 is 0 Å². The van der Waals surface area contributed by atoms with E-state index in [1.807, 2.05) is 0 Å².